The number of carbonyl (C=O) groups excluding carboxylic acids is 3. The summed E-state index contributed by atoms with van der Waals surface area (Å²) in [6, 6.07) is -0.909. The zero-order chi connectivity index (χ0) is 23.1. The molecule has 6 heteroatoms. The van der Waals surface area contributed by atoms with Crippen molar-refractivity contribution >= 4 is 17.8 Å². The molecule has 0 aromatic heterocycles. The van der Waals surface area contributed by atoms with Gasteiger partial charge in [0, 0.05) is 18.5 Å². The predicted molar refractivity (Wildman–Crippen MR) is 120 cm³/mol. The fourth-order valence-electron chi connectivity index (χ4n) is 3.94. The Hall–Kier alpha value is -1.85. The maximum atomic E-state index is 13.5. The van der Waals surface area contributed by atoms with Gasteiger partial charge < -0.3 is 15.0 Å². The van der Waals surface area contributed by atoms with Gasteiger partial charge in [-0.15, -0.1) is 0 Å². The molecule has 0 spiro atoms. The van der Waals surface area contributed by atoms with Crippen LogP contribution in [0, 0.1) is 17.3 Å². The Morgan fingerprint density at radius 3 is 2.17 bits per heavy atom. The SMILES string of the molecule is CCOC(=O)/C(C)=C/C(C(C)C)N(C)C(=O)[C@@H](NC(=O)C1CCCCC1)C(C)(C)C. The van der Waals surface area contributed by atoms with Crippen molar-refractivity contribution in [2.45, 2.75) is 92.7 Å². The van der Waals surface area contributed by atoms with Crippen molar-refractivity contribution in [3.63, 3.8) is 0 Å². The summed E-state index contributed by atoms with van der Waals surface area (Å²) in [6.07, 6.45) is 6.89. The third-order valence-corrected chi connectivity index (χ3v) is 5.87. The van der Waals surface area contributed by atoms with Crippen LogP contribution in [0.15, 0.2) is 11.6 Å². The van der Waals surface area contributed by atoms with Crippen LogP contribution in [-0.4, -0.2) is 48.4 Å². The minimum atomic E-state index is -0.630. The van der Waals surface area contributed by atoms with Gasteiger partial charge in [-0.05, 0) is 38.0 Å². The minimum Gasteiger partial charge on any atom is -0.463 e. The summed E-state index contributed by atoms with van der Waals surface area (Å²) < 4.78 is 5.08. The van der Waals surface area contributed by atoms with E-state index in [0.29, 0.717) is 12.2 Å². The van der Waals surface area contributed by atoms with E-state index in [1.54, 1.807) is 31.9 Å². The van der Waals surface area contributed by atoms with E-state index in [4.69, 9.17) is 4.74 Å². The van der Waals surface area contributed by atoms with E-state index in [1.807, 2.05) is 34.6 Å². The van der Waals surface area contributed by atoms with Crippen molar-refractivity contribution < 1.29 is 19.1 Å². The molecule has 6 nitrogen and oxygen atoms in total. The highest BCUT2D eigenvalue weighted by Crippen LogP contribution is 2.27. The van der Waals surface area contributed by atoms with Gasteiger partial charge in [-0.2, -0.15) is 0 Å². The van der Waals surface area contributed by atoms with E-state index in [2.05, 4.69) is 5.32 Å². The molecule has 1 N–H and O–H groups in total. The van der Waals surface area contributed by atoms with Crippen LogP contribution in [-0.2, 0) is 19.1 Å². The zero-order valence-corrected chi connectivity index (χ0v) is 20.2. The lowest BCUT2D eigenvalue weighted by molar-refractivity contribution is -0.141. The third kappa shape index (κ3) is 7.44. The van der Waals surface area contributed by atoms with Gasteiger partial charge in [0.2, 0.25) is 11.8 Å². The largest absolute Gasteiger partial charge is 0.463 e. The second-order valence-electron chi connectivity index (χ2n) is 9.90. The van der Waals surface area contributed by atoms with Gasteiger partial charge >= 0.3 is 5.97 Å². The molecule has 1 fully saturated rings. The van der Waals surface area contributed by atoms with Gasteiger partial charge in [-0.1, -0.05) is 60.0 Å². The number of carbonyl (C=O) groups is 3. The number of hydrogen-bond acceptors (Lipinski definition) is 4. The van der Waals surface area contributed by atoms with Crippen molar-refractivity contribution in [1.82, 2.24) is 10.2 Å². The molecule has 1 aliphatic rings. The highest BCUT2D eigenvalue weighted by Gasteiger charge is 2.38. The van der Waals surface area contributed by atoms with E-state index >= 15 is 0 Å². The summed E-state index contributed by atoms with van der Waals surface area (Å²) in [4.78, 5) is 40.1. The topological polar surface area (TPSA) is 75.7 Å². The van der Waals surface area contributed by atoms with Gasteiger partial charge in [-0.25, -0.2) is 4.79 Å². The van der Waals surface area contributed by atoms with Crippen molar-refractivity contribution in [2.24, 2.45) is 17.3 Å². The predicted octanol–water partition coefficient (Wildman–Crippen LogP) is 4.09. The second-order valence-corrected chi connectivity index (χ2v) is 9.90. The number of rotatable bonds is 8. The summed E-state index contributed by atoms with van der Waals surface area (Å²) in [7, 11) is 1.74. The minimum absolute atomic E-state index is 0.00597. The molecule has 2 amide bonds. The molecule has 0 aliphatic heterocycles. The number of esters is 1. The van der Waals surface area contributed by atoms with E-state index < -0.39 is 11.5 Å². The molecule has 0 radical (unpaired) electrons. The Morgan fingerprint density at radius 1 is 1.13 bits per heavy atom. The number of hydrogen-bond donors (Lipinski definition) is 1. The summed E-state index contributed by atoms with van der Waals surface area (Å²) in [5, 5.41) is 3.06. The Balaban J connectivity index is 3.06. The third-order valence-electron chi connectivity index (χ3n) is 5.87. The normalized spacial score (nSPS) is 18.0. The molecule has 0 aromatic carbocycles. The number of ether oxygens (including phenoxy) is 1. The lowest BCUT2D eigenvalue weighted by atomic mass is 9.83. The molecule has 1 unspecified atom stereocenters. The molecule has 30 heavy (non-hydrogen) atoms. The number of likely N-dealkylation sites (N-methyl/N-ethyl adjacent to an activating group) is 1. The zero-order valence-electron chi connectivity index (χ0n) is 20.2. The van der Waals surface area contributed by atoms with Gasteiger partial charge in [0.15, 0.2) is 0 Å². The van der Waals surface area contributed by atoms with Crippen LogP contribution in [0.2, 0.25) is 0 Å². The van der Waals surface area contributed by atoms with Gasteiger partial charge in [0.25, 0.3) is 0 Å². The highest BCUT2D eigenvalue weighted by molar-refractivity contribution is 5.90. The number of amides is 2. The first-order chi connectivity index (χ1) is 13.9. The molecule has 1 rings (SSSR count). The van der Waals surface area contributed by atoms with Crippen molar-refractivity contribution in [1.29, 1.82) is 0 Å². The van der Waals surface area contributed by atoms with E-state index in [9.17, 15) is 14.4 Å². The highest BCUT2D eigenvalue weighted by atomic mass is 16.5. The van der Waals surface area contributed by atoms with Gasteiger partial charge in [-0.3, -0.25) is 9.59 Å². The molecule has 0 heterocycles. The maximum Gasteiger partial charge on any atom is 0.333 e. The van der Waals surface area contributed by atoms with Crippen LogP contribution in [0.1, 0.15) is 80.6 Å². The monoisotopic (exact) mass is 422 g/mol. The first kappa shape index (κ1) is 26.2. The molecule has 0 saturated heterocycles. The van der Waals surface area contributed by atoms with Gasteiger partial charge in [0.1, 0.15) is 6.04 Å². The fourth-order valence-corrected chi connectivity index (χ4v) is 3.94. The Bertz CT molecular complexity index is 628. The van der Waals surface area contributed by atoms with Crippen LogP contribution in [0.4, 0.5) is 0 Å². The average Bonchev–Trinajstić information content (AvgIpc) is 2.68. The number of nitrogens with zero attached hydrogens (tertiary/aromatic N) is 1. The van der Waals surface area contributed by atoms with E-state index in [1.165, 1.54) is 6.42 Å². The second kappa shape index (κ2) is 11.5. The van der Waals surface area contributed by atoms with Crippen LogP contribution >= 0.6 is 0 Å². The van der Waals surface area contributed by atoms with Crippen molar-refractivity contribution in [2.75, 3.05) is 13.7 Å². The molecular weight excluding hydrogens is 380 g/mol. The standard InChI is InChI=1S/C24H42N2O4/c1-9-30-23(29)17(4)15-19(16(2)3)26(8)22(28)20(24(5,6)7)25-21(27)18-13-11-10-12-14-18/h15-16,18-20H,9-14H2,1-8H3,(H,25,27)/b17-15+/t19?,20-/m1/s1. The molecule has 0 aromatic rings. The average molecular weight is 423 g/mol. The summed E-state index contributed by atoms with van der Waals surface area (Å²) in [5.41, 5.74) is 0.0469. The maximum absolute atomic E-state index is 13.5. The molecule has 172 valence electrons. The van der Waals surface area contributed by atoms with E-state index in [-0.39, 0.29) is 35.7 Å². The van der Waals surface area contributed by atoms with E-state index in [0.717, 1.165) is 25.7 Å². The quantitative estimate of drug-likeness (QED) is 0.472. The summed E-state index contributed by atoms with van der Waals surface area (Å²) in [5.74, 6) is -0.442. The molecule has 1 saturated carbocycles. The lowest BCUT2D eigenvalue weighted by Crippen LogP contribution is -2.57. The van der Waals surface area contributed by atoms with Gasteiger partial charge in [0.05, 0.1) is 12.6 Å². The summed E-state index contributed by atoms with van der Waals surface area (Å²) >= 11 is 0. The molecule has 0 bridgehead atoms. The van der Waals surface area contributed by atoms with Crippen LogP contribution in [0.5, 0.6) is 0 Å². The molecule has 1 aliphatic carbocycles. The Labute approximate surface area is 182 Å². The smallest absolute Gasteiger partial charge is 0.333 e. The Morgan fingerprint density at radius 2 is 1.70 bits per heavy atom. The molecule has 2 atom stereocenters. The number of nitrogens with one attached hydrogen (secondary N) is 1. The van der Waals surface area contributed by atoms with Crippen molar-refractivity contribution in [3.05, 3.63) is 11.6 Å². The van der Waals surface area contributed by atoms with Crippen molar-refractivity contribution in [3.8, 4) is 0 Å². The first-order valence-electron chi connectivity index (χ1n) is 11.3. The van der Waals surface area contributed by atoms with Crippen LogP contribution in [0.3, 0.4) is 0 Å². The molecular formula is C24H42N2O4. The Kier molecular flexibility index (Phi) is 10.1. The lowest BCUT2D eigenvalue weighted by Gasteiger charge is -2.38. The summed E-state index contributed by atoms with van der Waals surface area (Å²) in [6.45, 7) is 13.7. The van der Waals surface area contributed by atoms with Crippen LogP contribution in [0.25, 0.3) is 0 Å². The fraction of sp³-hybridized carbons (Fsp3) is 0.792. The first-order valence-corrected chi connectivity index (χ1v) is 11.3. The van der Waals surface area contributed by atoms with Crippen LogP contribution < -0.4 is 5.32 Å².